The number of hydrogen-bond acceptors (Lipinski definition) is 7. The van der Waals surface area contributed by atoms with Gasteiger partial charge in [-0.3, -0.25) is 10.0 Å². The number of rotatable bonds is 15. The average Bonchev–Trinajstić information content (AvgIpc) is 3.11. The molecule has 0 aliphatic heterocycles. The molecule has 0 unspecified atom stereocenters. The first-order valence-corrected chi connectivity index (χ1v) is 14.9. The Labute approximate surface area is 265 Å². The average molecular weight is 596 g/mol. The molecule has 5 aromatic carbocycles. The molecule has 7 nitrogen and oxygen atoms in total. The van der Waals surface area contributed by atoms with Crippen molar-refractivity contribution in [2.75, 3.05) is 41.2 Å². The normalized spacial score (nSPS) is 11.0. The molecule has 5 rings (SSSR count). The van der Waals surface area contributed by atoms with E-state index in [0.717, 1.165) is 39.6 Å². The fraction of sp³-hybridized carbons (Fsp3) is 0.105. The maximum Gasteiger partial charge on any atom is 0.107 e. The summed E-state index contributed by atoms with van der Waals surface area (Å²) in [6.07, 6.45) is 5.13. The summed E-state index contributed by atoms with van der Waals surface area (Å²) in [6, 6.07) is 46.8. The third-order valence-corrected chi connectivity index (χ3v) is 6.97. The fourth-order valence-electron chi connectivity index (χ4n) is 4.74. The van der Waals surface area contributed by atoms with Gasteiger partial charge < -0.3 is 14.7 Å². The second-order valence-electron chi connectivity index (χ2n) is 10.0. The van der Waals surface area contributed by atoms with Crippen LogP contribution in [0.15, 0.2) is 163 Å². The molecule has 45 heavy (non-hydrogen) atoms. The molecular weight excluding hydrogens is 558 g/mol. The molecule has 0 saturated heterocycles. The third-order valence-electron chi connectivity index (χ3n) is 6.97. The fourth-order valence-corrected chi connectivity index (χ4v) is 4.74. The van der Waals surface area contributed by atoms with E-state index in [0.29, 0.717) is 19.7 Å². The van der Waals surface area contributed by atoms with Crippen molar-refractivity contribution in [1.82, 2.24) is 0 Å². The Morgan fingerprint density at radius 2 is 0.933 bits per heavy atom. The minimum atomic E-state index is 0.0117. The van der Waals surface area contributed by atoms with Gasteiger partial charge in [0.25, 0.3) is 0 Å². The van der Waals surface area contributed by atoms with E-state index < -0.39 is 0 Å². The predicted molar refractivity (Wildman–Crippen MR) is 187 cm³/mol. The summed E-state index contributed by atoms with van der Waals surface area (Å²) in [7, 11) is 0. The Bertz CT molecular complexity index is 1640. The highest BCUT2D eigenvalue weighted by molar-refractivity contribution is 5.85. The molecule has 0 amide bonds. The molecule has 0 radical (unpaired) electrons. The summed E-state index contributed by atoms with van der Waals surface area (Å²) in [5, 5.41) is 22.6. The number of aliphatic hydroxyl groups excluding tert-OH is 1. The van der Waals surface area contributed by atoms with Crippen LogP contribution in [0, 0.1) is 0 Å². The van der Waals surface area contributed by atoms with Gasteiger partial charge >= 0.3 is 0 Å². The van der Waals surface area contributed by atoms with E-state index in [9.17, 15) is 5.11 Å². The topological polar surface area (TPSA) is 63.9 Å². The van der Waals surface area contributed by atoms with Gasteiger partial charge in [-0.05, 0) is 71.8 Å². The van der Waals surface area contributed by atoms with Crippen LogP contribution in [0.25, 0.3) is 0 Å². The zero-order valence-electron chi connectivity index (χ0n) is 25.1. The number of anilines is 5. The molecule has 7 heteroatoms. The quantitative estimate of drug-likeness (QED) is 0.0575. The molecule has 0 aliphatic carbocycles. The van der Waals surface area contributed by atoms with Crippen molar-refractivity contribution in [3.63, 3.8) is 0 Å². The number of benzene rings is 5. The lowest BCUT2D eigenvalue weighted by atomic mass is 10.1. The van der Waals surface area contributed by atoms with Gasteiger partial charge in [-0.15, -0.1) is 0 Å². The molecule has 0 heterocycles. The van der Waals surface area contributed by atoms with Gasteiger partial charge in [0, 0.05) is 17.1 Å². The summed E-state index contributed by atoms with van der Waals surface area (Å²) in [5.41, 5.74) is 6.95. The molecule has 0 saturated carbocycles. The maximum absolute atomic E-state index is 9.53. The zero-order chi connectivity index (χ0) is 31.1. The summed E-state index contributed by atoms with van der Waals surface area (Å²) in [5.74, 6) is 0. The number of para-hydroxylation sites is 3. The standard InChI is InChI=1S/C38H37N5O2/c1-2-45-29-27-42(35-14-8-4-9-15-35)40-31-33-20-24-38(25-21-33)43(36-16-10-5-11-17-36)37-22-18-32(19-23-37)30-39-41(26-28-44)34-12-6-3-7-13-34/h2-25,30-31,44H,1,26-29H2/b39-30+,40-31+. The highest BCUT2D eigenvalue weighted by atomic mass is 16.5. The van der Waals surface area contributed by atoms with Crippen LogP contribution in [-0.2, 0) is 4.74 Å². The minimum absolute atomic E-state index is 0.0117. The SMILES string of the molecule is C=COCCN(/N=C/c1ccc(N(c2ccccc2)c2ccc(/C=N/N(CCO)c3ccccc3)cc2)cc1)c1ccccc1. The Morgan fingerprint density at radius 3 is 1.36 bits per heavy atom. The summed E-state index contributed by atoms with van der Waals surface area (Å²) >= 11 is 0. The van der Waals surface area contributed by atoms with Crippen molar-refractivity contribution in [3.05, 3.63) is 163 Å². The van der Waals surface area contributed by atoms with Crippen molar-refractivity contribution in [2.45, 2.75) is 0 Å². The molecule has 0 atom stereocenters. The van der Waals surface area contributed by atoms with Crippen molar-refractivity contribution >= 4 is 40.9 Å². The molecule has 0 fully saturated rings. The number of nitrogens with zero attached hydrogens (tertiary/aromatic N) is 5. The van der Waals surface area contributed by atoms with Gasteiger partial charge in [0.1, 0.15) is 6.61 Å². The van der Waals surface area contributed by atoms with Crippen molar-refractivity contribution < 1.29 is 9.84 Å². The highest BCUT2D eigenvalue weighted by Gasteiger charge is 2.12. The summed E-state index contributed by atoms with van der Waals surface area (Å²) < 4.78 is 5.35. The van der Waals surface area contributed by atoms with Crippen molar-refractivity contribution in [1.29, 1.82) is 0 Å². The first-order chi connectivity index (χ1) is 22.2. The van der Waals surface area contributed by atoms with E-state index in [1.807, 2.05) is 108 Å². The molecule has 0 bridgehead atoms. The second-order valence-corrected chi connectivity index (χ2v) is 10.0. The molecule has 226 valence electrons. The van der Waals surface area contributed by atoms with Gasteiger partial charge in [0.15, 0.2) is 0 Å². The zero-order valence-corrected chi connectivity index (χ0v) is 25.1. The Kier molecular flexibility index (Phi) is 11.1. The van der Waals surface area contributed by atoms with Gasteiger partial charge in [-0.25, -0.2) is 0 Å². The second kappa shape index (κ2) is 16.3. The monoisotopic (exact) mass is 595 g/mol. The number of ether oxygens (including phenoxy) is 1. The van der Waals surface area contributed by atoms with Crippen LogP contribution < -0.4 is 14.9 Å². The number of hydrogen-bond donors (Lipinski definition) is 1. The smallest absolute Gasteiger partial charge is 0.107 e. The van der Waals surface area contributed by atoms with Crippen molar-refractivity contribution in [3.8, 4) is 0 Å². The number of hydrazone groups is 2. The largest absolute Gasteiger partial charge is 0.500 e. The first kappa shape index (κ1) is 30.8. The van der Waals surface area contributed by atoms with Crippen LogP contribution in [0.4, 0.5) is 28.4 Å². The van der Waals surface area contributed by atoms with Crippen LogP contribution in [0.5, 0.6) is 0 Å². The van der Waals surface area contributed by atoms with E-state index in [1.54, 1.807) is 5.01 Å². The Morgan fingerprint density at radius 1 is 0.533 bits per heavy atom. The molecular formula is C38H37N5O2. The van der Waals surface area contributed by atoms with E-state index >= 15 is 0 Å². The molecule has 5 aromatic rings. The third kappa shape index (κ3) is 8.69. The molecule has 0 spiro atoms. The first-order valence-electron chi connectivity index (χ1n) is 14.9. The van der Waals surface area contributed by atoms with E-state index in [-0.39, 0.29) is 6.61 Å². The van der Waals surface area contributed by atoms with Crippen LogP contribution in [0.1, 0.15) is 11.1 Å². The van der Waals surface area contributed by atoms with E-state index in [1.165, 1.54) is 6.26 Å². The van der Waals surface area contributed by atoms with Crippen LogP contribution in [-0.4, -0.2) is 43.8 Å². The van der Waals surface area contributed by atoms with Gasteiger partial charge in [-0.2, -0.15) is 10.2 Å². The van der Waals surface area contributed by atoms with Crippen LogP contribution >= 0.6 is 0 Å². The lowest BCUT2D eigenvalue weighted by Gasteiger charge is -2.25. The minimum Gasteiger partial charge on any atom is -0.500 e. The lowest BCUT2D eigenvalue weighted by molar-refractivity contribution is 0.258. The lowest BCUT2D eigenvalue weighted by Crippen LogP contribution is -2.21. The highest BCUT2D eigenvalue weighted by Crippen LogP contribution is 2.34. The molecule has 1 N–H and O–H groups in total. The Hall–Kier alpha value is -5.66. The molecule has 0 aliphatic rings. The van der Waals surface area contributed by atoms with Gasteiger partial charge in [0.05, 0.1) is 49.8 Å². The van der Waals surface area contributed by atoms with E-state index in [2.05, 4.69) is 65.1 Å². The van der Waals surface area contributed by atoms with E-state index in [4.69, 9.17) is 9.84 Å². The summed E-state index contributed by atoms with van der Waals surface area (Å²) in [4.78, 5) is 2.22. The van der Waals surface area contributed by atoms with Gasteiger partial charge in [0.2, 0.25) is 0 Å². The Balaban J connectivity index is 1.35. The van der Waals surface area contributed by atoms with Crippen molar-refractivity contribution in [2.24, 2.45) is 10.2 Å². The van der Waals surface area contributed by atoms with Crippen LogP contribution in [0.3, 0.4) is 0 Å². The van der Waals surface area contributed by atoms with Crippen LogP contribution in [0.2, 0.25) is 0 Å². The maximum atomic E-state index is 9.53. The van der Waals surface area contributed by atoms with Gasteiger partial charge in [-0.1, -0.05) is 85.4 Å². The molecule has 0 aromatic heterocycles. The number of aliphatic hydroxyl groups is 1. The summed E-state index contributed by atoms with van der Waals surface area (Å²) in [6.45, 7) is 5.13. The predicted octanol–water partition coefficient (Wildman–Crippen LogP) is 7.99.